The first-order valence-electron chi connectivity index (χ1n) is 5.03. The van der Waals surface area contributed by atoms with Crippen molar-refractivity contribution in [2.45, 2.75) is 13.0 Å². The second-order valence-corrected chi connectivity index (χ2v) is 3.88. The SMILES string of the molecule is NCc1cc(Cc2ccccc2Cl)ncn1. The van der Waals surface area contributed by atoms with Crippen molar-refractivity contribution < 1.29 is 0 Å². The Labute approximate surface area is 99.3 Å². The Balaban J connectivity index is 2.24. The van der Waals surface area contributed by atoms with Crippen molar-refractivity contribution in [2.24, 2.45) is 5.73 Å². The van der Waals surface area contributed by atoms with Crippen LogP contribution in [0.25, 0.3) is 0 Å². The Morgan fingerprint density at radius 3 is 2.62 bits per heavy atom. The van der Waals surface area contributed by atoms with E-state index in [9.17, 15) is 0 Å². The van der Waals surface area contributed by atoms with Crippen LogP contribution in [0.2, 0.25) is 5.02 Å². The smallest absolute Gasteiger partial charge is 0.115 e. The maximum atomic E-state index is 6.08. The van der Waals surface area contributed by atoms with Crippen LogP contribution in [0.3, 0.4) is 0 Å². The van der Waals surface area contributed by atoms with Crippen molar-refractivity contribution in [3.05, 3.63) is 58.6 Å². The maximum Gasteiger partial charge on any atom is 0.115 e. The molecule has 0 unspecified atom stereocenters. The van der Waals surface area contributed by atoms with Crippen molar-refractivity contribution in [1.29, 1.82) is 0 Å². The van der Waals surface area contributed by atoms with Crippen molar-refractivity contribution in [1.82, 2.24) is 9.97 Å². The second-order valence-electron chi connectivity index (χ2n) is 3.47. The minimum absolute atomic E-state index is 0.429. The number of nitrogens with zero attached hydrogens (tertiary/aromatic N) is 2. The lowest BCUT2D eigenvalue weighted by atomic mass is 10.1. The number of hydrogen-bond donors (Lipinski definition) is 1. The monoisotopic (exact) mass is 233 g/mol. The number of hydrogen-bond acceptors (Lipinski definition) is 3. The molecular formula is C12H12ClN3. The second kappa shape index (κ2) is 5.05. The molecule has 0 saturated heterocycles. The summed E-state index contributed by atoms with van der Waals surface area (Å²) in [5.41, 5.74) is 8.36. The average Bonchev–Trinajstić information content (AvgIpc) is 2.32. The van der Waals surface area contributed by atoms with Crippen molar-refractivity contribution in [3.8, 4) is 0 Å². The molecule has 0 amide bonds. The summed E-state index contributed by atoms with van der Waals surface area (Å²) >= 11 is 6.08. The molecule has 0 bridgehead atoms. The van der Waals surface area contributed by atoms with E-state index < -0.39 is 0 Å². The highest BCUT2D eigenvalue weighted by Gasteiger charge is 2.02. The standard InChI is InChI=1S/C12H12ClN3/c13-12-4-2-1-3-9(12)5-10-6-11(7-14)16-8-15-10/h1-4,6,8H,5,7,14H2. The predicted molar refractivity (Wildman–Crippen MR) is 64.2 cm³/mol. The number of aromatic nitrogens is 2. The van der Waals surface area contributed by atoms with E-state index in [-0.39, 0.29) is 0 Å². The van der Waals surface area contributed by atoms with Crippen LogP contribution < -0.4 is 5.73 Å². The van der Waals surface area contributed by atoms with E-state index in [0.717, 1.165) is 22.0 Å². The van der Waals surface area contributed by atoms with Gasteiger partial charge in [0.25, 0.3) is 0 Å². The van der Waals surface area contributed by atoms with E-state index in [1.165, 1.54) is 6.33 Å². The highest BCUT2D eigenvalue weighted by atomic mass is 35.5. The molecule has 0 spiro atoms. The van der Waals surface area contributed by atoms with Crippen LogP contribution in [0.4, 0.5) is 0 Å². The van der Waals surface area contributed by atoms with E-state index in [4.69, 9.17) is 17.3 Å². The molecule has 2 N–H and O–H groups in total. The van der Waals surface area contributed by atoms with Gasteiger partial charge in [0.2, 0.25) is 0 Å². The number of benzene rings is 1. The van der Waals surface area contributed by atoms with Crippen LogP contribution in [0.15, 0.2) is 36.7 Å². The molecule has 0 aliphatic rings. The van der Waals surface area contributed by atoms with Crippen molar-refractivity contribution in [3.63, 3.8) is 0 Å². The zero-order chi connectivity index (χ0) is 11.4. The van der Waals surface area contributed by atoms with Crippen molar-refractivity contribution >= 4 is 11.6 Å². The van der Waals surface area contributed by atoms with Gasteiger partial charge >= 0.3 is 0 Å². The highest BCUT2D eigenvalue weighted by molar-refractivity contribution is 6.31. The summed E-state index contributed by atoms with van der Waals surface area (Å²) in [6.07, 6.45) is 2.24. The summed E-state index contributed by atoms with van der Waals surface area (Å²) < 4.78 is 0. The molecule has 0 atom stereocenters. The lowest BCUT2D eigenvalue weighted by molar-refractivity contribution is 0.928. The Hall–Kier alpha value is -1.45. The summed E-state index contributed by atoms with van der Waals surface area (Å²) in [5.74, 6) is 0. The zero-order valence-electron chi connectivity index (χ0n) is 8.73. The van der Waals surface area contributed by atoms with E-state index in [0.29, 0.717) is 13.0 Å². The third-order valence-corrected chi connectivity index (χ3v) is 2.69. The van der Waals surface area contributed by atoms with Crippen LogP contribution in [0.5, 0.6) is 0 Å². The van der Waals surface area contributed by atoms with Gasteiger partial charge in [0.15, 0.2) is 0 Å². The Morgan fingerprint density at radius 2 is 1.88 bits per heavy atom. The van der Waals surface area contributed by atoms with Gasteiger partial charge in [-0.15, -0.1) is 0 Å². The lowest BCUT2D eigenvalue weighted by Crippen LogP contribution is -2.02. The van der Waals surface area contributed by atoms with Gasteiger partial charge in [-0.1, -0.05) is 29.8 Å². The first-order valence-corrected chi connectivity index (χ1v) is 5.40. The normalized spacial score (nSPS) is 10.4. The third-order valence-electron chi connectivity index (χ3n) is 2.32. The van der Waals surface area contributed by atoms with Gasteiger partial charge in [0, 0.05) is 23.7 Å². The molecule has 0 aliphatic heterocycles. The minimum atomic E-state index is 0.429. The molecule has 0 aliphatic carbocycles. The molecule has 82 valence electrons. The van der Waals surface area contributed by atoms with Gasteiger partial charge in [-0.05, 0) is 17.7 Å². The van der Waals surface area contributed by atoms with Gasteiger partial charge in [-0.3, -0.25) is 0 Å². The van der Waals surface area contributed by atoms with Gasteiger partial charge in [-0.2, -0.15) is 0 Å². The fourth-order valence-electron chi connectivity index (χ4n) is 1.49. The van der Waals surface area contributed by atoms with Crippen LogP contribution >= 0.6 is 11.6 Å². The van der Waals surface area contributed by atoms with Gasteiger partial charge in [-0.25, -0.2) is 9.97 Å². The first kappa shape index (κ1) is 11.0. The van der Waals surface area contributed by atoms with Crippen LogP contribution in [-0.4, -0.2) is 9.97 Å². The molecule has 2 aromatic rings. The van der Waals surface area contributed by atoms with Crippen LogP contribution in [-0.2, 0) is 13.0 Å². The van der Waals surface area contributed by atoms with E-state index in [1.807, 2.05) is 30.3 Å². The topological polar surface area (TPSA) is 51.8 Å². The number of halogens is 1. The summed E-state index contributed by atoms with van der Waals surface area (Å²) in [6.45, 7) is 0.429. The van der Waals surface area contributed by atoms with E-state index >= 15 is 0 Å². The molecule has 0 fully saturated rings. The Kier molecular flexibility index (Phi) is 3.49. The molecule has 3 nitrogen and oxygen atoms in total. The molecule has 2 rings (SSSR count). The van der Waals surface area contributed by atoms with E-state index in [1.54, 1.807) is 0 Å². The van der Waals surface area contributed by atoms with Gasteiger partial charge in [0.1, 0.15) is 6.33 Å². The minimum Gasteiger partial charge on any atom is -0.325 e. The fourth-order valence-corrected chi connectivity index (χ4v) is 1.69. The third kappa shape index (κ3) is 2.56. The molecule has 1 aromatic heterocycles. The zero-order valence-corrected chi connectivity index (χ0v) is 9.48. The molecular weight excluding hydrogens is 222 g/mol. The largest absolute Gasteiger partial charge is 0.325 e. The Bertz CT molecular complexity index is 485. The molecule has 1 heterocycles. The molecule has 16 heavy (non-hydrogen) atoms. The summed E-state index contributed by atoms with van der Waals surface area (Å²) in [5, 5.41) is 0.760. The van der Waals surface area contributed by atoms with E-state index in [2.05, 4.69) is 9.97 Å². The molecule has 4 heteroatoms. The highest BCUT2D eigenvalue weighted by Crippen LogP contribution is 2.17. The van der Waals surface area contributed by atoms with Gasteiger partial charge in [0.05, 0.1) is 5.69 Å². The maximum absolute atomic E-state index is 6.08. The number of rotatable bonds is 3. The van der Waals surface area contributed by atoms with Crippen molar-refractivity contribution in [2.75, 3.05) is 0 Å². The summed E-state index contributed by atoms with van der Waals surface area (Å²) in [6, 6.07) is 9.65. The first-order chi connectivity index (χ1) is 7.79. The summed E-state index contributed by atoms with van der Waals surface area (Å²) in [7, 11) is 0. The van der Waals surface area contributed by atoms with Crippen LogP contribution in [0.1, 0.15) is 17.0 Å². The van der Waals surface area contributed by atoms with Gasteiger partial charge < -0.3 is 5.73 Å². The number of nitrogens with two attached hydrogens (primary N) is 1. The Morgan fingerprint density at radius 1 is 1.12 bits per heavy atom. The van der Waals surface area contributed by atoms with Crippen LogP contribution in [0, 0.1) is 0 Å². The molecule has 0 saturated carbocycles. The lowest BCUT2D eigenvalue weighted by Gasteiger charge is -2.04. The molecule has 1 aromatic carbocycles. The fraction of sp³-hybridized carbons (Fsp3) is 0.167. The average molecular weight is 234 g/mol. The summed E-state index contributed by atoms with van der Waals surface area (Å²) in [4.78, 5) is 8.25. The predicted octanol–water partition coefficient (Wildman–Crippen LogP) is 2.18. The molecule has 0 radical (unpaired) electrons. The quantitative estimate of drug-likeness (QED) is 0.884.